The molecule has 0 aliphatic heterocycles. The van der Waals surface area contributed by atoms with Crippen LogP contribution < -0.4 is 0 Å². The Morgan fingerprint density at radius 1 is 1.53 bits per heavy atom. The Balaban J connectivity index is 2.08. The van der Waals surface area contributed by atoms with Crippen LogP contribution in [-0.2, 0) is 11.2 Å². The van der Waals surface area contributed by atoms with E-state index in [1.54, 1.807) is 6.20 Å². The molecule has 0 bridgehead atoms. The summed E-state index contributed by atoms with van der Waals surface area (Å²) in [7, 11) is 0. The molecule has 3 N–H and O–H groups in total. The molecule has 2 heterocycles. The van der Waals surface area contributed by atoms with Gasteiger partial charge in [0.25, 0.3) is 0 Å². The number of rotatable bonds is 4. The number of hydrogen-bond acceptors (Lipinski definition) is 2. The van der Waals surface area contributed by atoms with Gasteiger partial charge in [0, 0.05) is 24.4 Å². The molecule has 5 heteroatoms. The SMILES string of the molecule is O=C(O)CCc1ncc(-c2cc[nH]c2)[nH]1. The zero-order chi connectivity index (χ0) is 10.7. The van der Waals surface area contributed by atoms with Crippen LogP contribution in [0.25, 0.3) is 11.3 Å². The first-order valence-corrected chi connectivity index (χ1v) is 4.64. The summed E-state index contributed by atoms with van der Waals surface area (Å²) < 4.78 is 0. The van der Waals surface area contributed by atoms with Crippen molar-refractivity contribution in [2.45, 2.75) is 12.8 Å². The molecule has 2 aromatic rings. The minimum absolute atomic E-state index is 0.0973. The smallest absolute Gasteiger partial charge is 0.303 e. The van der Waals surface area contributed by atoms with Crippen molar-refractivity contribution in [3.05, 3.63) is 30.5 Å². The second-order valence-corrected chi connectivity index (χ2v) is 3.24. The zero-order valence-corrected chi connectivity index (χ0v) is 8.03. The number of carbonyl (C=O) groups is 1. The molecule has 2 aromatic heterocycles. The fraction of sp³-hybridized carbons (Fsp3) is 0.200. The van der Waals surface area contributed by atoms with Gasteiger partial charge in [-0.25, -0.2) is 4.98 Å². The Bertz CT molecular complexity index is 445. The lowest BCUT2D eigenvalue weighted by Gasteiger charge is -1.92. The molecular formula is C10H11N3O2. The molecule has 0 atom stereocenters. The normalized spacial score (nSPS) is 10.4. The van der Waals surface area contributed by atoms with E-state index in [4.69, 9.17) is 5.11 Å². The Morgan fingerprint density at radius 2 is 2.40 bits per heavy atom. The van der Waals surface area contributed by atoms with Crippen LogP contribution in [0.4, 0.5) is 0 Å². The zero-order valence-electron chi connectivity index (χ0n) is 8.03. The van der Waals surface area contributed by atoms with Gasteiger partial charge in [-0.15, -0.1) is 0 Å². The number of hydrogen-bond donors (Lipinski definition) is 3. The quantitative estimate of drug-likeness (QED) is 0.706. The lowest BCUT2D eigenvalue weighted by Crippen LogP contribution is -1.98. The van der Waals surface area contributed by atoms with Gasteiger partial charge in [-0.05, 0) is 6.07 Å². The fourth-order valence-electron chi connectivity index (χ4n) is 1.35. The van der Waals surface area contributed by atoms with Crippen LogP contribution >= 0.6 is 0 Å². The molecule has 0 unspecified atom stereocenters. The highest BCUT2D eigenvalue weighted by Crippen LogP contribution is 2.15. The first-order chi connectivity index (χ1) is 7.25. The molecular weight excluding hydrogens is 194 g/mol. The molecule has 5 nitrogen and oxygen atoms in total. The van der Waals surface area contributed by atoms with Crippen molar-refractivity contribution in [2.75, 3.05) is 0 Å². The minimum Gasteiger partial charge on any atom is -0.481 e. The van der Waals surface area contributed by atoms with Gasteiger partial charge in [0.1, 0.15) is 5.82 Å². The summed E-state index contributed by atoms with van der Waals surface area (Å²) in [6, 6.07) is 1.93. The van der Waals surface area contributed by atoms with Gasteiger partial charge in [-0.2, -0.15) is 0 Å². The number of aromatic nitrogens is 3. The van der Waals surface area contributed by atoms with Crippen LogP contribution in [0.1, 0.15) is 12.2 Å². The molecule has 0 spiro atoms. The van der Waals surface area contributed by atoms with E-state index in [1.165, 1.54) is 0 Å². The van der Waals surface area contributed by atoms with Crippen molar-refractivity contribution in [2.24, 2.45) is 0 Å². The van der Waals surface area contributed by atoms with Crippen molar-refractivity contribution in [3.63, 3.8) is 0 Å². The molecule has 2 rings (SSSR count). The summed E-state index contributed by atoms with van der Waals surface area (Å²) in [5, 5.41) is 8.52. The number of nitrogens with zero attached hydrogens (tertiary/aromatic N) is 1. The summed E-state index contributed by atoms with van der Waals surface area (Å²) in [4.78, 5) is 20.5. The second-order valence-electron chi connectivity index (χ2n) is 3.24. The molecule has 15 heavy (non-hydrogen) atoms. The monoisotopic (exact) mass is 205 g/mol. The van der Waals surface area contributed by atoms with Gasteiger partial charge in [-0.3, -0.25) is 4.79 Å². The van der Waals surface area contributed by atoms with Crippen LogP contribution in [0.5, 0.6) is 0 Å². The molecule has 0 aromatic carbocycles. The van der Waals surface area contributed by atoms with Gasteiger partial charge in [0.05, 0.1) is 18.3 Å². The van der Waals surface area contributed by atoms with E-state index in [0.29, 0.717) is 12.2 Å². The number of H-pyrrole nitrogens is 2. The largest absolute Gasteiger partial charge is 0.481 e. The number of aryl methyl sites for hydroxylation is 1. The third-order valence-electron chi connectivity index (χ3n) is 2.11. The maximum absolute atomic E-state index is 10.4. The van der Waals surface area contributed by atoms with Crippen molar-refractivity contribution < 1.29 is 9.90 Å². The van der Waals surface area contributed by atoms with Gasteiger partial charge in [-0.1, -0.05) is 0 Å². The average Bonchev–Trinajstić information content (AvgIpc) is 2.85. The highest BCUT2D eigenvalue weighted by molar-refractivity contribution is 5.67. The predicted molar refractivity (Wildman–Crippen MR) is 54.3 cm³/mol. The minimum atomic E-state index is -0.811. The number of aromatic amines is 2. The number of carboxylic acids is 1. The summed E-state index contributed by atoms with van der Waals surface area (Å²) in [5.74, 6) is -0.108. The first kappa shape index (κ1) is 9.51. The molecule has 0 amide bonds. The maximum atomic E-state index is 10.4. The molecule has 0 aliphatic rings. The molecule has 0 saturated heterocycles. The van der Waals surface area contributed by atoms with E-state index in [-0.39, 0.29) is 6.42 Å². The highest BCUT2D eigenvalue weighted by Gasteiger charge is 2.05. The molecule has 78 valence electrons. The predicted octanol–water partition coefficient (Wildman–Crippen LogP) is 1.42. The van der Waals surface area contributed by atoms with Crippen molar-refractivity contribution >= 4 is 5.97 Å². The van der Waals surface area contributed by atoms with Crippen molar-refractivity contribution in [3.8, 4) is 11.3 Å². The maximum Gasteiger partial charge on any atom is 0.303 e. The number of imidazole rings is 1. The van der Waals surface area contributed by atoms with E-state index in [1.807, 2.05) is 18.5 Å². The van der Waals surface area contributed by atoms with Crippen LogP contribution in [-0.4, -0.2) is 26.0 Å². The Hall–Kier alpha value is -2.04. The van der Waals surface area contributed by atoms with E-state index in [0.717, 1.165) is 11.3 Å². The highest BCUT2D eigenvalue weighted by atomic mass is 16.4. The van der Waals surface area contributed by atoms with Gasteiger partial charge < -0.3 is 15.1 Å². The Labute approximate surface area is 86.2 Å². The van der Waals surface area contributed by atoms with E-state index in [2.05, 4.69) is 15.0 Å². The molecule has 0 aliphatic carbocycles. The van der Waals surface area contributed by atoms with Crippen LogP contribution in [0, 0.1) is 0 Å². The molecule has 0 radical (unpaired) electrons. The third-order valence-corrected chi connectivity index (χ3v) is 2.11. The lowest BCUT2D eigenvalue weighted by atomic mass is 10.3. The van der Waals surface area contributed by atoms with Crippen LogP contribution in [0.3, 0.4) is 0 Å². The van der Waals surface area contributed by atoms with Gasteiger partial charge in [0.2, 0.25) is 0 Å². The summed E-state index contributed by atoms with van der Waals surface area (Å²) in [6.45, 7) is 0. The number of carboxylic acid groups (broad SMARTS) is 1. The number of nitrogens with one attached hydrogen (secondary N) is 2. The standard InChI is InChI=1S/C10H11N3O2/c14-10(15)2-1-9-12-6-8(13-9)7-3-4-11-5-7/h3-6,11H,1-2H2,(H,12,13)(H,14,15). The second kappa shape index (κ2) is 4.00. The van der Waals surface area contributed by atoms with Crippen molar-refractivity contribution in [1.82, 2.24) is 15.0 Å². The third kappa shape index (κ3) is 2.25. The van der Waals surface area contributed by atoms with Crippen molar-refractivity contribution in [1.29, 1.82) is 0 Å². The van der Waals surface area contributed by atoms with Crippen LogP contribution in [0.2, 0.25) is 0 Å². The van der Waals surface area contributed by atoms with E-state index >= 15 is 0 Å². The topological polar surface area (TPSA) is 81.8 Å². The Kier molecular flexibility index (Phi) is 2.53. The Morgan fingerprint density at radius 3 is 3.07 bits per heavy atom. The number of aliphatic carboxylic acids is 1. The van der Waals surface area contributed by atoms with Gasteiger partial charge in [0.15, 0.2) is 0 Å². The van der Waals surface area contributed by atoms with Crippen LogP contribution in [0.15, 0.2) is 24.7 Å². The molecule has 0 saturated carbocycles. The summed E-state index contributed by atoms with van der Waals surface area (Å²) in [5.41, 5.74) is 1.92. The lowest BCUT2D eigenvalue weighted by molar-refractivity contribution is -0.137. The summed E-state index contributed by atoms with van der Waals surface area (Å²) in [6.07, 6.45) is 5.92. The fourth-order valence-corrected chi connectivity index (χ4v) is 1.35. The van der Waals surface area contributed by atoms with Gasteiger partial charge >= 0.3 is 5.97 Å². The first-order valence-electron chi connectivity index (χ1n) is 4.64. The van der Waals surface area contributed by atoms with E-state index in [9.17, 15) is 4.79 Å². The average molecular weight is 205 g/mol. The van der Waals surface area contributed by atoms with E-state index < -0.39 is 5.97 Å². The summed E-state index contributed by atoms with van der Waals surface area (Å²) >= 11 is 0. The molecule has 0 fully saturated rings.